The maximum atomic E-state index is 14.2. The topological polar surface area (TPSA) is 84.2 Å². The molecule has 0 saturated heterocycles. The van der Waals surface area contributed by atoms with Crippen LogP contribution in [0.15, 0.2) is 12.1 Å². The summed E-state index contributed by atoms with van der Waals surface area (Å²) >= 11 is 0. The Morgan fingerprint density at radius 1 is 1.30 bits per heavy atom. The molecule has 3 rings (SSSR count). The molecule has 1 aromatic rings. The first kappa shape index (κ1) is 17.7. The lowest BCUT2D eigenvalue weighted by atomic mass is 9.95. The Labute approximate surface area is 140 Å². The molecular weight excluding hydrogens is 321 g/mol. The van der Waals surface area contributed by atoms with Gasteiger partial charge in [0.25, 0.3) is 5.91 Å². The summed E-state index contributed by atoms with van der Waals surface area (Å²) in [5.74, 6) is -1.18. The molecule has 126 valence electrons. The standard InChI is InChI=1S/C16H20FN3O2.ClH/c17-12-8-13-10(3-4-14(21)19-13)7-11(12)15(22)20-16(9-18)5-1-2-6-16;/h7-8H,1-6,9,18H2,(H,19,21)(H,20,22);1H. The van der Waals surface area contributed by atoms with E-state index in [-0.39, 0.29) is 23.9 Å². The minimum absolute atomic E-state index is 0. The summed E-state index contributed by atoms with van der Waals surface area (Å²) in [4.78, 5) is 23.8. The van der Waals surface area contributed by atoms with Crippen molar-refractivity contribution in [2.45, 2.75) is 44.1 Å². The number of carbonyl (C=O) groups excluding carboxylic acids is 2. The molecule has 2 amide bonds. The lowest BCUT2D eigenvalue weighted by Crippen LogP contribution is -2.51. The van der Waals surface area contributed by atoms with Crippen molar-refractivity contribution < 1.29 is 14.0 Å². The first-order valence-electron chi connectivity index (χ1n) is 7.68. The van der Waals surface area contributed by atoms with Gasteiger partial charge in [-0.3, -0.25) is 9.59 Å². The second-order valence-electron chi connectivity index (χ2n) is 6.18. The zero-order valence-corrected chi connectivity index (χ0v) is 13.6. The largest absolute Gasteiger partial charge is 0.345 e. The van der Waals surface area contributed by atoms with E-state index in [4.69, 9.17) is 5.73 Å². The molecule has 1 aliphatic carbocycles. The van der Waals surface area contributed by atoms with Gasteiger partial charge in [-0.05, 0) is 37.0 Å². The molecule has 0 atom stereocenters. The van der Waals surface area contributed by atoms with Crippen LogP contribution in [0.25, 0.3) is 0 Å². The van der Waals surface area contributed by atoms with Crippen LogP contribution in [0.3, 0.4) is 0 Å². The van der Waals surface area contributed by atoms with E-state index in [1.165, 1.54) is 6.07 Å². The molecule has 4 N–H and O–H groups in total. The minimum Gasteiger partial charge on any atom is -0.345 e. The fourth-order valence-corrected chi connectivity index (χ4v) is 3.32. The summed E-state index contributed by atoms with van der Waals surface area (Å²) in [5, 5.41) is 5.55. The third-order valence-corrected chi connectivity index (χ3v) is 4.66. The van der Waals surface area contributed by atoms with Crippen molar-refractivity contribution in [3.8, 4) is 0 Å². The highest BCUT2D eigenvalue weighted by Crippen LogP contribution is 2.30. The number of amides is 2. The Morgan fingerprint density at radius 3 is 2.65 bits per heavy atom. The van der Waals surface area contributed by atoms with Crippen molar-refractivity contribution in [3.63, 3.8) is 0 Å². The molecule has 7 heteroatoms. The fraction of sp³-hybridized carbons (Fsp3) is 0.500. The molecule has 0 radical (unpaired) electrons. The summed E-state index contributed by atoms with van der Waals surface area (Å²) in [6.07, 6.45) is 4.58. The van der Waals surface area contributed by atoms with Crippen LogP contribution in [0.1, 0.15) is 48.0 Å². The highest BCUT2D eigenvalue weighted by atomic mass is 35.5. The summed E-state index contributed by atoms with van der Waals surface area (Å²) in [5.41, 5.74) is 6.67. The zero-order chi connectivity index (χ0) is 15.7. The molecular formula is C16H21ClFN3O2. The second-order valence-corrected chi connectivity index (χ2v) is 6.18. The van der Waals surface area contributed by atoms with Crippen LogP contribution in [0.5, 0.6) is 0 Å². The van der Waals surface area contributed by atoms with E-state index in [2.05, 4.69) is 10.6 Å². The monoisotopic (exact) mass is 341 g/mol. The van der Waals surface area contributed by atoms with Gasteiger partial charge in [0.15, 0.2) is 0 Å². The van der Waals surface area contributed by atoms with Gasteiger partial charge in [0.1, 0.15) is 5.82 Å². The number of aryl methyl sites for hydroxylation is 1. The van der Waals surface area contributed by atoms with Crippen molar-refractivity contribution in [1.82, 2.24) is 5.32 Å². The van der Waals surface area contributed by atoms with Gasteiger partial charge in [-0.2, -0.15) is 0 Å². The number of anilines is 1. The number of carbonyl (C=O) groups is 2. The summed E-state index contributed by atoms with van der Waals surface area (Å²) in [6.45, 7) is 0.362. The van der Waals surface area contributed by atoms with E-state index in [9.17, 15) is 14.0 Å². The SMILES string of the molecule is Cl.NCC1(NC(=O)c2cc3c(cc2F)NC(=O)CC3)CCCC1. The summed E-state index contributed by atoms with van der Waals surface area (Å²) < 4.78 is 14.2. The lowest BCUT2D eigenvalue weighted by molar-refractivity contribution is -0.116. The van der Waals surface area contributed by atoms with Gasteiger partial charge in [0.2, 0.25) is 5.91 Å². The third-order valence-electron chi connectivity index (χ3n) is 4.66. The van der Waals surface area contributed by atoms with Gasteiger partial charge in [-0.1, -0.05) is 12.8 Å². The summed E-state index contributed by atoms with van der Waals surface area (Å²) in [6, 6.07) is 2.77. The van der Waals surface area contributed by atoms with Gasteiger partial charge >= 0.3 is 0 Å². The average molecular weight is 342 g/mol. The molecule has 2 aliphatic rings. The highest BCUT2D eigenvalue weighted by molar-refractivity contribution is 5.98. The van der Waals surface area contributed by atoms with E-state index in [1.54, 1.807) is 6.07 Å². The Bertz CT molecular complexity index is 630. The molecule has 1 aliphatic heterocycles. The Balaban J connectivity index is 0.00000192. The van der Waals surface area contributed by atoms with Gasteiger partial charge in [0, 0.05) is 18.7 Å². The molecule has 0 spiro atoms. The van der Waals surface area contributed by atoms with Crippen LogP contribution in [-0.2, 0) is 11.2 Å². The van der Waals surface area contributed by atoms with Crippen molar-refractivity contribution in [2.24, 2.45) is 5.73 Å². The maximum absolute atomic E-state index is 14.2. The zero-order valence-electron chi connectivity index (χ0n) is 12.8. The Kier molecular flexibility index (Phi) is 5.26. The molecule has 5 nitrogen and oxygen atoms in total. The van der Waals surface area contributed by atoms with Crippen molar-refractivity contribution in [1.29, 1.82) is 0 Å². The van der Waals surface area contributed by atoms with Gasteiger partial charge in [0.05, 0.1) is 11.1 Å². The minimum atomic E-state index is -0.622. The molecule has 0 bridgehead atoms. The number of benzene rings is 1. The molecule has 1 saturated carbocycles. The van der Waals surface area contributed by atoms with Crippen molar-refractivity contribution >= 4 is 29.9 Å². The predicted molar refractivity (Wildman–Crippen MR) is 88.3 cm³/mol. The molecule has 1 aromatic carbocycles. The van der Waals surface area contributed by atoms with Gasteiger partial charge < -0.3 is 16.4 Å². The van der Waals surface area contributed by atoms with E-state index < -0.39 is 17.3 Å². The van der Waals surface area contributed by atoms with Crippen LogP contribution in [0, 0.1) is 5.82 Å². The van der Waals surface area contributed by atoms with Crippen molar-refractivity contribution in [3.05, 3.63) is 29.1 Å². The quantitative estimate of drug-likeness (QED) is 0.787. The average Bonchev–Trinajstić information content (AvgIpc) is 2.95. The molecule has 23 heavy (non-hydrogen) atoms. The molecule has 1 fully saturated rings. The highest BCUT2D eigenvalue weighted by Gasteiger charge is 2.34. The fourth-order valence-electron chi connectivity index (χ4n) is 3.32. The Hall–Kier alpha value is -1.66. The molecule has 0 aromatic heterocycles. The van der Waals surface area contributed by atoms with E-state index in [1.807, 2.05) is 0 Å². The first-order valence-corrected chi connectivity index (χ1v) is 7.68. The van der Waals surface area contributed by atoms with E-state index in [0.717, 1.165) is 31.2 Å². The smallest absolute Gasteiger partial charge is 0.254 e. The van der Waals surface area contributed by atoms with Crippen molar-refractivity contribution in [2.75, 3.05) is 11.9 Å². The van der Waals surface area contributed by atoms with Crippen LogP contribution in [-0.4, -0.2) is 23.9 Å². The third kappa shape index (κ3) is 3.48. The number of fused-ring (bicyclic) bond motifs is 1. The number of halogens is 2. The number of nitrogens with two attached hydrogens (primary N) is 1. The lowest BCUT2D eigenvalue weighted by Gasteiger charge is -2.29. The van der Waals surface area contributed by atoms with Gasteiger partial charge in [-0.15, -0.1) is 12.4 Å². The predicted octanol–water partition coefficient (Wildman–Crippen LogP) is 2.13. The molecule has 1 heterocycles. The van der Waals surface area contributed by atoms with Crippen LogP contribution in [0.2, 0.25) is 0 Å². The van der Waals surface area contributed by atoms with Crippen LogP contribution < -0.4 is 16.4 Å². The number of rotatable bonds is 3. The Morgan fingerprint density at radius 2 is 2.00 bits per heavy atom. The van der Waals surface area contributed by atoms with E-state index >= 15 is 0 Å². The van der Waals surface area contributed by atoms with Gasteiger partial charge in [-0.25, -0.2) is 4.39 Å². The first-order chi connectivity index (χ1) is 10.5. The van der Waals surface area contributed by atoms with Crippen LogP contribution in [0.4, 0.5) is 10.1 Å². The second kappa shape index (κ2) is 6.84. The normalized spacial score (nSPS) is 18.6. The summed E-state index contributed by atoms with van der Waals surface area (Å²) in [7, 11) is 0. The van der Waals surface area contributed by atoms with Crippen LogP contribution >= 0.6 is 12.4 Å². The number of nitrogens with one attached hydrogen (secondary N) is 2. The number of hydrogen-bond acceptors (Lipinski definition) is 3. The molecule has 0 unspecified atom stereocenters. The van der Waals surface area contributed by atoms with E-state index in [0.29, 0.717) is 25.1 Å². The number of hydrogen-bond donors (Lipinski definition) is 3. The maximum Gasteiger partial charge on any atom is 0.254 e.